The molecule has 3 nitrogen and oxygen atoms in total. The van der Waals surface area contributed by atoms with Gasteiger partial charge in [0.25, 0.3) is 5.91 Å². The Morgan fingerprint density at radius 1 is 0.880 bits per heavy atom. The topological polar surface area (TPSA) is 41.5 Å². The summed E-state index contributed by atoms with van der Waals surface area (Å²) in [5.74, 6) is -0.222. The van der Waals surface area contributed by atoms with Crippen LogP contribution < -0.4 is 5.43 Å². The molecule has 0 atom stereocenters. The smallest absolute Gasteiger partial charge is 0.267 e. The number of nitrogens with one attached hydrogen (secondary N) is 1. The van der Waals surface area contributed by atoms with Gasteiger partial charge in [-0.2, -0.15) is 5.10 Å². The Balaban J connectivity index is 1.66. The van der Waals surface area contributed by atoms with Crippen LogP contribution in [-0.4, -0.2) is 12.1 Å². The molecule has 1 N–H and O–H groups in total. The minimum atomic E-state index is -0.222. The average Bonchev–Trinajstić information content (AvgIpc) is 2.64. The van der Waals surface area contributed by atoms with E-state index in [9.17, 15) is 4.79 Å². The van der Waals surface area contributed by atoms with E-state index in [-0.39, 0.29) is 5.91 Å². The largest absolute Gasteiger partial charge is 0.271 e. The number of rotatable bonds is 4. The van der Waals surface area contributed by atoms with Gasteiger partial charge in [0.1, 0.15) is 0 Å². The summed E-state index contributed by atoms with van der Waals surface area (Å²) in [5, 5.41) is 4.06. The third-order valence-electron chi connectivity index (χ3n) is 4.05. The summed E-state index contributed by atoms with van der Waals surface area (Å²) in [6.07, 6.45) is 1.67. The Hall–Kier alpha value is -3.20. The SMILES string of the molecule is Cc1ccc(/C=N\NC(=O)c2ccc(-c3ccccc3)cc2)c(C)c1. The molecule has 0 aliphatic heterocycles. The van der Waals surface area contributed by atoms with Crippen LogP contribution in [0.3, 0.4) is 0 Å². The van der Waals surface area contributed by atoms with E-state index < -0.39 is 0 Å². The second-order valence-electron chi connectivity index (χ2n) is 6.00. The van der Waals surface area contributed by atoms with E-state index in [1.807, 2.05) is 73.7 Å². The first kappa shape index (κ1) is 16.7. The lowest BCUT2D eigenvalue weighted by molar-refractivity contribution is 0.0955. The molecule has 0 bridgehead atoms. The van der Waals surface area contributed by atoms with Gasteiger partial charge in [-0.3, -0.25) is 4.79 Å². The van der Waals surface area contributed by atoms with Gasteiger partial charge in [0.2, 0.25) is 0 Å². The van der Waals surface area contributed by atoms with Crippen LogP contribution in [0.15, 0.2) is 77.9 Å². The van der Waals surface area contributed by atoms with Crippen molar-refractivity contribution in [2.45, 2.75) is 13.8 Å². The first-order valence-electron chi connectivity index (χ1n) is 8.19. The predicted molar refractivity (Wildman–Crippen MR) is 103 cm³/mol. The molecule has 0 aromatic heterocycles. The van der Waals surface area contributed by atoms with E-state index in [0.717, 1.165) is 22.3 Å². The number of hydrogen-bond donors (Lipinski definition) is 1. The molecule has 3 aromatic rings. The maximum Gasteiger partial charge on any atom is 0.271 e. The minimum Gasteiger partial charge on any atom is -0.267 e. The lowest BCUT2D eigenvalue weighted by Crippen LogP contribution is -2.17. The van der Waals surface area contributed by atoms with Gasteiger partial charge in [-0.15, -0.1) is 0 Å². The third kappa shape index (κ3) is 4.21. The molecule has 3 rings (SSSR count). The fourth-order valence-corrected chi connectivity index (χ4v) is 2.64. The molecule has 0 saturated carbocycles. The molecule has 124 valence electrons. The Morgan fingerprint density at radius 3 is 2.24 bits per heavy atom. The highest BCUT2D eigenvalue weighted by Crippen LogP contribution is 2.19. The van der Waals surface area contributed by atoms with Gasteiger partial charge in [-0.1, -0.05) is 66.2 Å². The van der Waals surface area contributed by atoms with E-state index in [0.29, 0.717) is 5.56 Å². The molecule has 0 saturated heterocycles. The van der Waals surface area contributed by atoms with Crippen molar-refractivity contribution < 1.29 is 4.79 Å². The Morgan fingerprint density at radius 2 is 1.56 bits per heavy atom. The number of hydrazone groups is 1. The number of carbonyl (C=O) groups is 1. The van der Waals surface area contributed by atoms with Crippen LogP contribution in [0.5, 0.6) is 0 Å². The molecule has 0 aliphatic carbocycles. The normalized spacial score (nSPS) is 10.8. The molecule has 0 heterocycles. The van der Waals surface area contributed by atoms with Gasteiger partial charge in [-0.25, -0.2) is 5.43 Å². The van der Waals surface area contributed by atoms with Crippen molar-refractivity contribution in [3.8, 4) is 11.1 Å². The number of carbonyl (C=O) groups excluding carboxylic acids is 1. The summed E-state index contributed by atoms with van der Waals surface area (Å²) in [6, 6.07) is 23.7. The number of benzene rings is 3. The zero-order valence-corrected chi connectivity index (χ0v) is 14.4. The summed E-state index contributed by atoms with van der Waals surface area (Å²) >= 11 is 0. The number of aryl methyl sites for hydroxylation is 2. The van der Waals surface area contributed by atoms with Crippen LogP contribution in [-0.2, 0) is 0 Å². The van der Waals surface area contributed by atoms with Crippen LogP contribution in [0.25, 0.3) is 11.1 Å². The van der Waals surface area contributed by atoms with E-state index >= 15 is 0 Å². The van der Waals surface area contributed by atoms with Crippen molar-refractivity contribution in [2.24, 2.45) is 5.10 Å². The molecule has 0 fully saturated rings. The molecule has 3 aromatic carbocycles. The molecule has 1 amide bonds. The second-order valence-corrected chi connectivity index (χ2v) is 6.00. The Labute approximate surface area is 148 Å². The van der Waals surface area contributed by atoms with Crippen molar-refractivity contribution in [2.75, 3.05) is 0 Å². The maximum atomic E-state index is 12.2. The van der Waals surface area contributed by atoms with Crippen molar-refractivity contribution in [3.63, 3.8) is 0 Å². The standard InChI is InChI=1S/C22H20N2O/c1-16-8-9-21(17(2)14-16)15-23-24-22(25)20-12-10-19(11-13-20)18-6-4-3-5-7-18/h3-15H,1-2H3,(H,24,25)/b23-15-. The molecule has 25 heavy (non-hydrogen) atoms. The highest BCUT2D eigenvalue weighted by molar-refractivity contribution is 5.95. The third-order valence-corrected chi connectivity index (χ3v) is 4.05. The molecule has 0 spiro atoms. The lowest BCUT2D eigenvalue weighted by atomic mass is 10.0. The highest BCUT2D eigenvalue weighted by Gasteiger charge is 2.05. The Bertz CT molecular complexity index is 897. The summed E-state index contributed by atoms with van der Waals surface area (Å²) in [7, 11) is 0. The summed E-state index contributed by atoms with van der Waals surface area (Å²) in [6.45, 7) is 4.08. The molecule has 0 aliphatic rings. The Kier molecular flexibility index (Phi) is 5.05. The lowest BCUT2D eigenvalue weighted by Gasteiger charge is -2.04. The number of hydrogen-bond acceptors (Lipinski definition) is 2. The fraction of sp³-hybridized carbons (Fsp3) is 0.0909. The van der Waals surface area contributed by atoms with Gasteiger partial charge in [0.05, 0.1) is 6.21 Å². The van der Waals surface area contributed by atoms with Gasteiger partial charge < -0.3 is 0 Å². The summed E-state index contributed by atoms with van der Waals surface area (Å²) in [5.41, 5.74) is 8.69. The molecule has 3 heteroatoms. The number of amides is 1. The van der Waals surface area contributed by atoms with Gasteiger partial charge in [0.15, 0.2) is 0 Å². The summed E-state index contributed by atoms with van der Waals surface area (Å²) in [4.78, 5) is 12.2. The zero-order valence-electron chi connectivity index (χ0n) is 14.4. The molecule has 0 unspecified atom stereocenters. The van der Waals surface area contributed by atoms with Crippen molar-refractivity contribution >= 4 is 12.1 Å². The van der Waals surface area contributed by atoms with Crippen molar-refractivity contribution in [1.82, 2.24) is 5.43 Å². The molecule has 0 radical (unpaired) electrons. The first-order valence-corrected chi connectivity index (χ1v) is 8.19. The number of nitrogens with zero attached hydrogens (tertiary/aromatic N) is 1. The molecular weight excluding hydrogens is 308 g/mol. The van der Waals surface area contributed by atoms with Crippen LogP contribution in [0.1, 0.15) is 27.0 Å². The first-order chi connectivity index (χ1) is 12.1. The van der Waals surface area contributed by atoms with E-state index in [2.05, 4.69) is 23.5 Å². The monoisotopic (exact) mass is 328 g/mol. The molecular formula is C22H20N2O. The quantitative estimate of drug-likeness (QED) is 0.546. The minimum absolute atomic E-state index is 0.222. The van der Waals surface area contributed by atoms with Gasteiger partial charge in [-0.05, 0) is 48.2 Å². The summed E-state index contributed by atoms with van der Waals surface area (Å²) < 4.78 is 0. The van der Waals surface area contributed by atoms with Crippen molar-refractivity contribution in [3.05, 3.63) is 95.1 Å². The van der Waals surface area contributed by atoms with Gasteiger partial charge in [0, 0.05) is 5.56 Å². The van der Waals surface area contributed by atoms with Crippen LogP contribution in [0.4, 0.5) is 0 Å². The fourth-order valence-electron chi connectivity index (χ4n) is 2.64. The van der Waals surface area contributed by atoms with E-state index in [1.165, 1.54) is 5.56 Å². The van der Waals surface area contributed by atoms with Gasteiger partial charge >= 0.3 is 0 Å². The average molecular weight is 328 g/mol. The predicted octanol–water partition coefficient (Wildman–Crippen LogP) is 4.73. The second kappa shape index (κ2) is 7.58. The van der Waals surface area contributed by atoms with Crippen molar-refractivity contribution in [1.29, 1.82) is 0 Å². The van der Waals surface area contributed by atoms with Crippen LogP contribution in [0, 0.1) is 13.8 Å². The maximum absolute atomic E-state index is 12.2. The zero-order chi connectivity index (χ0) is 17.6. The van der Waals surface area contributed by atoms with Crippen LogP contribution >= 0.6 is 0 Å². The van der Waals surface area contributed by atoms with Crippen LogP contribution in [0.2, 0.25) is 0 Å². The van der Waals surface area contributed by atoms with E-state index in [4.69, 9.17) is 0 Å². The van der Waals surface area contributed by atoms with E-state index in [1.54, 1.807) is 6.21 Å². The highest BCUT2D eigenvalue weighted by atomic mass is 16.2.